The Morgan fingerprint density at radius 3 is 2.53 bits per heavy atom. The Labute approximate surface area is 104 Å². The van der Waals surface area contributed by atoms with E-state index in [1.807, 2.05) is 20.8 Å². The number of aliphatic hydroxyl groups excluding tert-OH is 1. The zero-order valence-corrected chi connectivity index (χ0v) is 11.7. The summed E-state index contributed by atoms with van der Waals surface area (Å²) >= 11 is 0. The summed E-state index contributed by atoms with van der Waals surface area (Å²) in [5, 5.41) is 9.18. The Kier molecular flexibility index (Phi) is 5.37. The molecule has 1 saturated heterocycles. The van der Waals surface area contributed by atoms with Gasteiger partial charge in [0.05, 0.1) is 6.61 Å². The lowest BCUT2D eigenvalue weighted by Crippen LogP contribution is -2.52. The van der Waals surface area contributed by atoms with Gasteiger partial charge in [-0.2, -0.15) is 17.4 Å². The van der Waals surface area contributed by atoms with Gasteiger partial charge in [-0.25, -0.2) is 0 Å². The number of rotatable bonds is 5. The molecule has 0 saturated carbocycles. The zero-order chi connectivity index (χ0) is 13.1. The Morgan fingerprint density at radius 2 is 2.06 bits per heavy atom. The van der Waals surface area contributed by atoms with Crippen LogP contribution in [0, 0.1) is 5.92 Å². The van der Waals surface area contributed by atoms with Gasteiger partial charge in [0.1, 0.15) is 0 Å². The predicted octanol–water partition coefficient (Wildman–Crippen LogP) is 0.712. The molecule has 0 aliphatic carbocycles. The predicted molar refractivity (Wildman–Crippen MR) is 67.8 cm³/mol. The number of hydrogen-bond acceptors (Lipinski definition) is 3. The first-order chi connectivity index (χ1) is 7.88. The average molecular weight is 264 g/mol. The summed E-state index contributed by atoms with van der Waals surface area (Å²) in [4.78, 5) is 0. The quantitative estimate of drug-likeness (QED) is 0.768. The molecule has 0 amide bonds. The van der Waals surface area contributed by atoms with Gasteiger partial charge in [-0.3, -0.25) is 0 Å². The van der Waals surface area contributed by atoms with Gasteiger partial charge in [0.2, 0.25) is 0 Å². The molecule has 0 aromatic heterocycles. The number of hydrogen-bond donors (Lipinski definition) is 2. The number of nitrogens with one attached hydrogen (secondary N) is 1. The minimum Gasteiger partial charge on any atom is -0.395 e. The SMILES string of the molecule is CC(C)C(CO)NS(=O)(=O)N1CCCCC1C. The monoisotopic (exact) mass is 264 g/mol. The first-order valence-corrected chi connectivity index (χ1v) is 7.72. The Hall–Kier alpha value is -0.170. The van der Waals surface area contributed by atoms with Crippen LogP contribution in [0.15, 0.2) is 0 Å². The Balaban J connectivity index is 2.73. The van der Waals surface area contributed by atoms with Crippen LogP contribution in [0.25, 0.3) is 0 Å². The van der Waals surface area contributed by atoms with Crippen molar-refractivity contribution in [1.82, 2.24) is 9.03 Å². The fourth-order valence-electron chi connectivity index (χ4n) is 2.07. The molecule has 0 aromatic carbocycles. The fourth-order valence-corrected chi connectivity index (χ4v) is 3.89. The van der Waals surface area contributed by atoms with Crippen molar-refractivity contribution in [1.29, 1.82) is 0 Å². The third kappa shape index (κ3) is 3.91. The summed E-state index contributed by atoms with van der Waals surface area (Å²) in [5.74, 6) is 0.0786. The highest BCUT2D eigenvalue weighted by atomic mass is 32.2. The molecule has 2 atom stereocenters. The van der Waals surface area contributed by atoms with Crippen molar-refractivity contribution in [2.24, 2.45) is 5.92 Å². The van der Waals surface area contributed by atoms with Crippen LogP contribution >= 0.6 is 0 Å². The molecule has 1 fully saturated rings. The van der Waals surface area contributed by atoms with Crippen molar-refractivity contribution in [3.8, 4) is 0 Å². The molecule has 1 aliphatic heterocycles. The second-order valence-corrected chi connectivity index (χ2v) is 6.77. The second kappa shape index (κ2) is 6.13. The molecular weight excluding hydrogens is 240 g/mol. The lowest BCUT2D eigenvalue weighted by Gasteiger charge is -2.34. The van der Waals surface area contributed by atoms with Crippen molar-refractivity contribution in [2.75, 3.05) is 13.2 Å². The molecule has 2 N–H and O–H groups in total. The molecule has 1 rings (SSSR count). The van der Waals surface area contributed by atoms with E-state index < -0.39 is 16.3 Å². The summed E-state index contributed by atoms with van der Waals surface area (Å²) < 4.78 is 28.5. The van der Waals surface area contributed by atoms with Gasteiger partial charge in [-0.15, -0.1) is 0 Å². The summed E-state index contributed by atoms with van der Waals surface area (Å²) in [6.07, 6.45) is 2.91. The molecule has 0 bridgehead atoms. The van der Waals surface area contributed by atoms with Crippen molar-refractivity contribution >= 4 is 10.2 Å². The van der Waals surface area contributed by atoms with Crippen LogP contribution in [0.4, 0.5) is 0 Å². The highest BCUT2D eigenvalue weighted by Crippen LogP contribution is 2.19. The van der Waals surface area contributed by atoms with Gasteiger partial charge in [-0.05, 0) is 25.7 Å². The van der Waals surface area contributed by atoms with Gasteiger partial charge in [-0.1, -0.05) is 20.3 Å². The first-order valence-electron chi connectivity index (χ1n) is 6.28. The summed E-state index contributed by atoms with van der Waals surface area (Å²) in [5.41, 5.74) is 0. The lowest BCUT2D eigenvalue weighted by molar-refractivity contribution is 0.217. The summed E-state index contributed by atoms with van der Waals surface area (Å²) in [6, 6.07) is -0.359. The molecule has 102 valence electrons. The standard InChI is InChI=1S/C11H24N2O3S/c1-9(2)11(8-14)12-17(15,16)13-7-5-4-6-10(13)3/h9-12,14H,4-8H2,1-3H3. The Bertz CT molecular complexity index is 330. The van der Waals surface area contributed by atoms with Crippen molar-refractivity contribution < 1.29 is 13.5 Å². The van der Waals surface area contributed by atoms with Gasteiger partial charge in [0.25, 0.3) is 10.2 Å². The van der Waals surface area contributed by atoms with Crippen molar-refractivity contribution in [3.63, 3.8) is 0 Å². The first kappa shape index (κ1) is 14.9. The van der Waals surface area contributed by atoms with E-state index in [1.54, 1.807) is 0 Å². The molecule has 5 nitrogen and oxygen atoms in total. The fraction of sp³-hybridized carbons (Fsp3) is 1.00. The van der Waals surface area contributed by atoms with Crippen LogP contribution in [0.5, 0.6) is 0 Å². The largest absolute Gasteiger partial charge is 0.395 e. The van der Waals surface area contributed by atoms with Gasteiger partial charge in [0.15, 0.2) is 0 Å². The molecule has 1 aliphatic rings. The van der Waals surface area contributed by atoms with Crippen LogP contribution in [0.3, 0.4) is 0 Å². The van der Waals surface area contributed by atoms with E-state index in [4.69, 9.17) is 0 Å². The van der Waals surface area contributed by atoms with E-state index in [9.17, 15) is 13.5 Å². The molecule has 6 heteroatoms. The molecule has 0 radical (unpaired) electrons. The number of piperidine rings is 1. The van der Waals surface area contributed by atoms with E-state index in [-0.39, 0.29) is 18.6 Å². The summed E-state index contributed by atoms with van der Waals surface area (Å²) in [7, 11) is -3.47. The van der Waals surface area contributed by atoms with Gasteiger partial charge >= 0.3 is 0 Å². The zero-order valence-electron chi connectivity index (χ0n) is 10.9. The molecular formula is C11H24N2O3S. The van der Waals surface area contributed by atoms with Crippen molar-refractivity contribution in [2.45, 2.75) is 52.1 Å². The summed E-state index contributed by atoms with van der Waals surface area (Å²) in [6.45, 7) is 6.12. The van der Waals surface area contributed by atoms with Crippen molar-refractivity contribution in [3.05, 3.63) is 0 Å². The van der Waals surface area contributed by atoms with Gasteiger partial charge < -0.3 is 5.11 Å². The Morgan fingerprint density at radius 1 is 1.41 bits per heavy atom. The minimum absolute atomic E-state index is 0.0488. The second-order valence-electron chi connectivity index (χ2n) is 5.11. The van der Waals surface area contributed by atoms with Crippen LogP contribution in [0.2, 0.25) is 0 Å². The van der Waals surface area contributed by atoms with Crippen LogP contribution in [-0.4, -0.2) is 43.1 Å². The topological polar surface area (TPSA) is 69.6 Å². The smallest absolute Gasteiger partial charge is 0.280 e. The maximum absolute atomic E-state index is 12.2. The van der Waals surface area contributed by atoms with E-state index in [0.717, 1.165) is 19.3 Å². The molecule has 1 heterocycles. The van der Waals surface area contributed by atoms with Crippen LogP contribution in [-0.2, 0) is 10.2 Å². The van der Waals surface area contributed by atoms with Crippen LogP contribution < -0.4 is 4.72 Å². The van der Waals surface area contributed by atoms with E-state index in [1.165, 1.54) is 4.31 Å². The highest BCUT2D eigenvalue weighted by Gasteiger charge is 2.31. The maximum Gasteiger partial charge on any atom is 0.280 e. The normalized spacial score (nSPS) is 25.1. The van der Waals surface area contributed by atoms with E-state index >= 15 is 0 Å². The molecule has 0 aromatic rings. The molecule has 17 heavy (non-hydrogen) atoms. The highest BCUT2D eigenvalue weighted by molar-refractivity contribution is 7.87. The lowest BCUT2D eigenvalue weighted by atomic mass is 10.1. The van der Waals surface area contributed by atoms with E-state index in [0.29, 0.717) is 6.54 Å². The maximum atomic E-state index is 12.2. The molecule has 2 unspecified atom stereocenters. The minimum atomic E-state index is -3.47. The van der Waals surface area contributed by atoms with Crippen LogP contribution in [0.1, 0.15) is 40.0 Å². The number of aliphatic hydroxyl groups is 1. The molecule has 0 spiro atoms. The van der Waals surface area contributed by atoms with E-state index in [2.05, 4.69) is 4.72 Å². The number of nitrogens with zero attached hydrogens (tertiary/aromatic N) is 1. The average Bonchev–Trinajstić information content (AvgIpc) is 2.26. The van der Waals surface area contributed by atoms with Gasteiger partial charge in [0, 0.05) is 18.6 Å². The third-order valence-electron chi connectivity index (χ3n) is 3.35. The third-order valence-corrected chi connectivity index (χ3v) is 5.11.